The number of benzene rings is 3. The Kier molecular flexibility index (Phi) is 5.55. The molecule has 1 unspecified atom stereocenters. The van der Waals surface area contributed by atoms with Crippen LogP contribution < -0.4 is 9.64 Å². The lowest BCUT2D eigenvalue weighted by Gasteiger charge is -2.26. The van der Waals surface area contributed by atoms with Crippen molar-refractivity contribution in [3.8, 4) is 5.75 Å². The van der Waals surface area contributed by atoms with Gasteiger partial charge in [0.1, 0.15) is 16.8 Å². The summed E-state index contributed by atoms with van der Waals surface area (Å²) in [5, 5.41) is 11.8. The maximum absolute atomic E-state index is 13.2. The van der Waals surface area contributed by atoms with E-state index in [-0.39, 0.29) is 0 Å². The van der Waals surface area contributed by atoms with Crippen LogP contribution in [0, 0.1) is 0 Å². The summed E-state index contributed by atoms with van der Waals surface area (Å²) < 4.78 is 19.5. The number of cyclic esters (lactones) is 1. The molecular formula is C26H23N3O4S. The van der Waals surface area contributed by atoms with Gasteiger partial charge in [0.15, 0.2) is 0 Å². The molecule has 0 aliphatic carbocycles. The highest BCUT2D eigenvalue weighted by Crippen LogP contribution is 2.45. The van der Waals surface area contributed by atoms with E-state index >= 15 is 0 Å². The summed E-state index contributed by atoms with van der Waals surface area (Å²) in [6.45, 7) is 0. The Bertz CT molecular complexity index is 1410. The molecule has 0 saturated heterocycles. The van der Waals surface area contributed by atoms with E-state index < -0.39 is 11.8 Å². The van der Waals surface area contributed by atoms with Gasteiger partial charge in [0.05, 0.1) is 24.4 Å². The normalized spacial score (nSPS) is 17.8. The molecule has 5 rings (SSSR count). The third kappa shape index (κ3) is 3.81. The van der Waals surface area contributed by atoms with E-state index in [1.807, 2.05) is 61.5 Å². The fourth-order valence-corrected chi connectivity index (χ4v) is 4.69. The van der Waals surface area contributed by atoms with Gasteiger partial charge in [-0.3, -0.25) is 0 Å². The summed E-state index contributed by atoms with van der Waals surface area (Å²) in [5.74, 6) is -1.86. The first kappa shape index (κ1) is 22.1. The minimum Gasteiger partial charge on any atom is -0.497 e. The molecule has 0 bridgehead atoms. The highest BCUT2D eigenvalue weighted by molar-refractivity contribution is 7.00. The number of ether oxygens (including phenoxy) is 2. The Morgan fingerprint density at radius 2 is 1.79 bits per heavy atom. The molecule has 0 amide bonds. The molecule has 8 heteroatoms. The molecule has 1 aliphatic rings. The zero-order valence-corrected chi connectivity index (χ0v) is 19.8. The lowest BCUT2D eigenvalue weighted by molar-refractivity contribution is -0.185. The minimum atomic E-state index is -1.91. The van der Waals surface area contributed by atoms with Gasteiger partial charge >= 0.3 is 5.97 Å². The van der Waals surface area contributed by atoms with E-state index in [1.165, 1.54) is 0 Å². The monoisotopic (exact) mass is 473 g/mol. The molecule has 1 N–H and O–H groups in total. The van der Waals surface area contributed by atoms with Crippen LogP contribution in [0.1, 0.15) is 16.7 Å². The molecule has 0 saturated carbocycles. The molecule has 2 heterocycles. The fraction of sp³-hybridized carbons (Fsp3) is 0.192. The van der Waals surface area contributed by atoms with Crippen molar-refractivity contribution in [3.05, 3.63) is 89.0 Å². The second kappa shape index (κ2) is 8.55. The first-order chi connectivity index (χ1) is 16.4. The van der Waals surface area contributed by atoms with E-state index in [0.29, 0.717) is 40.0 Å². The zero-order valence-electron chi connectivity index (χ0n) is 19.0. The molecule has 7 nitrogen and oxygen atoms in total. The minimum absolute atomic E-state index is 0.318. The summed E-state index contributed by atoms with van der Waals surface area (Å²) in [7, 11) is 5.51. The second-order valence-corrected chi connectivity index (χ2v) is 8.85. The number of hydrogen-bond acceptors (Lipinski definition) is 8. The SMILES string of the molecule is COc1ccc(C2(O)OC(=O)C(c3ccc4nsnc4c3)=C2Cc2cccc(N(C)C)c2)cc1. The van der Waals surface area contributed by atoms with Gasteiger partial charge in [-0.05, 0) is 59.7 Å². The van der Waals surface area contributed by atoms with Crippen LogP contribution in [0.5, 0.6) is 5.75 Å². The average Bonchev–Trinajstić information content (AvgIpc) is 3.41. The quantitative estimate of drug-likeness (QED) is 0.421. The Morgan fingerprint density at radius 1 is 1.03 bits per heavy atom. The van der Waals surface area contributed by atoms with Crippen LogP contribution in [0.25, 0.3) is 16.6 Å². The van der Waals surface area contributed by atoms with Crippen molar-refractivity contribution in [2.24, 2.45) is 0 Å². The molecule has 1 atom stereocenters. The molecule has 172 valence electrons. The maximum atomic E-state index is 13.2. The first-order valence-electron chi connectivity index (χ1n) is 10.7. The number of rotatable bonds is 6. The Morgan fingerprint density at radius 3 is 2.53 bits per heavy atom. The van der Waals surface area contributed by atoms with Crippen LogP contribution in [-0.4, -0.2) is 41.0 Å². The van der Waals surface area contributed by atoms with E-state index in [4.69, 9.17) is 9.47 Å². The molecular weight excluding hydrogens is 450 g/mol. The van der Waals surface area contributed by atoms with Gasteiger partial charge in [0.25, 0.3) is 5.79 Å². The van der Waals surface area contributed by atoms with E-state index in [0.717, 1.165) is 28.5 Å². The van der Waals surface area contributed by atoms with E-state index in [1.54, 1.807) is 31.4 Å². The first-order valence-corrected chi connectivity index (χ1v) is 11.4. The van der Waals surface area contributed by atoms with E-state index in [2.05, 4.69) is 8.75 Å². The number of aliphatic hydroxyl groups is 1. The van der Waals surface area contributed by atoms with Crippen molar-refractivity contribution < 1.29 is 19.4 Å². The average molecular weight is 474 g/mol. The molecule has 1 aromatic heterocycles. The van der Waals surface area contributed by atoms with E-state index in [9.17, 15) is 9.90 Å². The molecule has 1 aliphatic heterocycles. The van der Waals surface area contributed by atoms with Gasteiger partial charge < -0.3 is 19.5 Å². The highest BCUT2D eigenvalue weighted by Gasteiger charge is 2.48. The summed E-state index contributed by atoms with van der Waals surface area (Å²) in [4.78, 5) is 15.2. The van der Waals surface area contributed by atoms with Gasteiger partial charge in [-0.15, -0.1) is 0 Å². The summed E-state index contributed by atoms with van der Waals surface area (Å²) in [5.41, 5.74) is 5.31. The van der Waals surface area contributed by atoms with Gasteiger partial charge in [0, 0.05) is 37.3 Å². The standard InChI is InChI=1S/C26H23N3O4S/c1-29(2)19-6-4-5-16(13-19)14-21-24(17-7-12-22-23(15-17)28-34-27-22)25(30)33-26(21,31)18-8-10-20(32-3)11-9-18/h4-13,15,31H,14H2,1-3H3. The number of methoxy groups -OCH3 is 1. The predicted molar refractivity (Wildman–Crippen MR) is 132 cm³/mol. The van der Waals surface area contributed by atoms with Crippen LogP contribution in [0.15, 0.2) is 72.3 Å². The third-order valence-electron chi connectivity index (χ3n) is 5.99. The summed E-state index contributed by atoms with van der Waals surface area (Å²) in [6.07, 6.45) is 0.318. The van der Waals surface area contributed by atoms with Crippen LogP contribution in [0.2, 0.25) is 0 Å². The van der Waals surface area contributed by atoms with Crippen molar-refractivity contribution in [1.82, 2.24) is 8.75 Å². The fourth-order valence-electron chi connectivity index (χ4n) is 4.18. The number of carbonyl (C=O) groups is 1. The largest absolute Gasteiger partial charge is 0.497 e. The number of fused-ring (bicyclic) bond motifs is 1. The summed E-state index contributed by atoms with van der Waals surface area (Å²) in [6, 6.07) is 20.3. The molecule has 4 aromatic rings. The Labute approximate surface area is 201 Å². The number of esters is 1. The lowest BCUT2D eigenvalue weighted by Crippen LogP contribution is -2.29. The third-order valence-corrected chi connectivity index (χ3v) is 6.54. The highest BCUT2D eigenvalue weighted by atomic mass is 32.1. The second-order valence-electron chi connectivity index (χ2n) is 8.32. The molecule has 34 heavy (non-hydrogen) atoms. The summed E-state index contributed by atoms with van der Waals surface area (Å²) >= 11 is 1.11. The van der Waals surface area contributed by atoms with Crippen LogP contribution in [-0.2, 0) is 21.7 Å². The number of carbonyl (C=O) groups excluding carboxylic acids is 1. The van der Waals surface area contributed by atoms with Crippen molar-refractivity contribution >= 4 is 40.0 Å². The number of aromatic nitrogens is 2. The van der Waals surface area contributed by atoms with Gasteiger partial charge in [-0.2, -0.15) is 8.75 Å². The van der Waals surface area contributed by atoms with Crippen molar-refractivity contribution in [2.75, 3.05) is 26.1 Å². The number of hydrogen-bond donors (Lipinski definition) is 1. The van der Waals surface area contributed by atoms with Crippen LogP contribution in [0.4, 0.5) is 5.69 Å². The zero-order chi connectivity index (χ0) is 23.9. The van der Waals surface area contributed by atoms with Gasteiger partial charge in [-0.1, -0.05) is 18.2 Å². The van der Waals surface area contributed by atoms with Crippen molar-refractivity contribution in [3.63, 3.8) is 0 Å². The predicted octanol–water partition coefficient (Wildman–Crippen LogP) is 4.16. The Balaban J connectivity index is 1.68. The van der Waals surface area contributed by atoms with Crippen LogP contribution in [0.3, 0.4) is 0 Å². The van der Waals surface area contributed by atoms with Crippen molar-refractivity contribution in [2.45, 2.75) is 12.2 Å². The molecule has 0 radical (unpaired) electrons. The smallest absolute Gasteiger partial charge is 0.342 e. The van der Waals surface area contributed by atoms with Crippen LogP contribution >= 0.6 is 11.7 Å². The molecule has 0 spiro atoms. The maximum Gasteiger partial charge on any atom is 0.342 e. The van der Waals surface area contributed by atoms with Gasteiger partial charge in [0.2, 0.25) is 0 Å². The van der Waals surface area contributed by atoms with Crippen molar-refractivity contribution in [1.29, 1.82) is 0 Å². The topological polar surface area (TPSA) is 84.8 Å². The Hall–Kier alpha value is -3.75. The number of nitrogens with zero attached hydrogens (tertiary/aromatic N) is 3. The molecule has 0 fully saturated rings. The number of anilines is 1. The van der Waals surface area contributed by atoms with Gasteiger partial charge in [-0.25, -0.2) is 4.79 Å². The lowest BCUT2D eigenvalue weighted by atomic mass is 9.88. The molecule has 3 aromatic carbocycles.